The Labute approximate surface area is 134 Å². The second-order valence-corrected chi connectivity index (χ2v) is 5.33. The summed E-state index contributed by atoms with van der Waals surface area (Å²) in [5.41, 5.74) is 2.50. The molecule has 0 aromatic heterocycles. The monoisotopic (exact) mass is 316 g/mol. The van der Waals surface area contributed by atoms with Gasteiger partial charge in [0.15, 0.2) is 0 Å². The van der Waals surface area contributed by atoms with Crippen LogP contribution in [0.1, 0.15) is 18.1 Å². The smallest absolute Gasteiger partial charge is 0.224 e. The first-order valence-corrected chi connectivity index (χ1v) is 7.29. The maximum atomic E-state index is 11.9. The van der Waals surface area contributed by atoms with Crippen molar-refractivity contribution in [1.29, 1.82) is 0 Å². The molecule has 0 atom stereocenters. The van der Waals surface area contributed by atoms with E-state index < -0.39 is 0 Å². The number of halogens is 1. The van der Waals surface area contributed by atoms with E-state index in [4.69, 9.17) is 11.6 Å². The molecule has 0 heterocycles. The Kier molecular flexibility index (Phi) is 5.55. The van der Waals surface area contributed by atoms with Crippen molar-refractivity contribution in [2.75, 3.05) is 5.32 Å². The van der Waals surface area contributed by atoms with Gasteiger partial charge in [0.05, 0.1) is 6.42 Å². The molecule has 5 heteroatoms. The van der Waals surface area contributed by atoms with Crippen molar-refractivity contribution in [2.45, 2.75) is 19.9 Å². The fourth-order valence-electron chi connectivity index (χ4n) is 1.99. The minimum absolute atomic E-state index is 0.0842. The lowest BCUT2D eigenvalue weighted by atomic mass is 10.1. The highest BCUT2D eigenvalue weighted by Gasteiger charge is 2.06. The first-order chi connectivity index (χ1) is 10.5. The molecular weight excluding hydrogens is 300 g/mol. The number of hydrogen-bond donors (Lipinski definition) is 2. The zero-order chi connectivity index (χ0) is 15.9. The van der Waals surface area contributed by atoms with Crippen LogP contribution in [0.15, 0.2) is 48.5 Å². The molecule has 0 spiro atoms. The Bertz CT molecular complexity index is 669. The molecule has 2 amide bonds. The van der Waals surface area contributed by atoms with E-state index in [0.717, 1.165) is 16.8 Å². The quantitative estimate of drug-likeness (QED) is 0.890. The van der Waals surface area contributed by atoms with E-state index in [-0.39, 0.29) is 18.2 Å². The van der Waals surface area contributed by atoms with Gasteiger partial charge in [0, 0.05) is 24.2 Å². The molecule has 0 saturated heterocycles. The summed E-state index contributed by atoms with van der Waals surface area (Å²) in [6.07, 6.45) is 0.254. The van der Waals surface area contributed by atoms with Crippen molar-refractivity contribution in [3.8, 4) is 0 Å². The molecule has 2 rings (SSSR count). The molecule has 4 nitrogen and oxygen atoms in total. The Hall–Kier alpha value is -2.33. The number of carbonyl (C=O) groups is 2. The standard InChI is InChI=1S/C17H17ClN2O2/c1-12(21)20-15-8-6-13(7-9-15)11-19-17(22)10-14-4-2-3-5-16(14)18/h2-9H,10-11H2,1H3,(H,19,22)(H,20,21). The Morgan fingerprint density at radius 3 is 2.36 bits per heavy atom. The Morgan fingerprint density at radius 1 is 1.05 bits per heavy atom. The van der Waals surface area contributed by atoms with Gasteiger partial charge >= 0.3 is 0 Å². The molecule has 0 aliphatic heterocycles. The van der Waals surface area contributed by atoms with Crippen molar-refractivity contribution < 1.29 is 9.59 Å². The van der Waals surface area contributed by atoms with E-state index in [1.807, 2.05) is 30.3 Å². The average molecular weight is 317 g/mol. The molecule has 0 radical (unpaired) electrons. The minimum Gasteiger partial charge on any atom is -0.352 e. The summed E-state index contributed by atoms with van der Waals surface area (Å²) in [4.78, 5) is 22.9. The number of nitrogens with one attached hydrogen (secondary N) is 2. The molecular formula is C17H17ClN2O2. The normalized spacial score (nSPS) is 10.1. The number of hydrogen-bond acceptors (Lipinski definition) is 2. The van der Waals surface area contributed by atoms with Crippen LogP contribution in [0.4, 0.5) is 5.69 Å². The highest BCUT2D eigenvalue weighted by molar-refractivity contribution is 6.31. The fraction of sp³-hybridized carbons (Fsp3) is 0.176. The summed E-state index contributed by atoms with van der Waals surface area (Å²) < 4.78 is 0. The van der Waals surface area contributed by atoms with E-state index in [1.165, 1.54) is 6.92 Å². The zero-order valence-corrected chi connectivity index (χ0v) is 13.0. The number of benzene rings is 2. The fourth-order valence-corrected chi connectivity index (χ4v) is 2.19. The van der Waals surface area contributed by atoms with E-state index in [9.17, 15) is 9.59 Å². The minimum atomic E-state index is -0.110. The third-order valence-corrected chi connectivity index (χ3v) is 3.44. The summed E-state index contributed by atoms with van der Waals surface area (Å²) in [5.74, 6) is -0.195. The summed E-state index contributed by atoms with van der Waals surface area (Å²) in [5, 5.41) is 6.14. The van der Waals surface area contributed by atoms with Crippen LogP contribution in [-0.2, 0) is 22.6 Å². The van der Waals surface area contributed by atoms with Gasteiger partial charge in [0.2, 0.25) is 11.8 Å². The van der Waals surface area contributed by atoms with Crippen molar-refractivity contribution in [3.63, 3.8) is 0 Å². The lowest BCUT2D eigenvalue weighted by Crippen LogP contribution is -2.24. The predicted molar refractivity (Wildman–Crippen MR) is 87.7 cm³/mol. The van der Waals surface area contributed by atoms with Crippen LogP contribution in [0.25, 0.3) is 0 Å². The van der Waals surface area contributed by atoms with Gasteiger partial charge in [0.1, 0.15) is 0 Å². The van der Waals surface area contributed by atoms with E-state index in [1.54, 1.807) is 18.2 Å². The van der Waals surface area contributed by atoms with Crippen LogP contribution < -0.4 is 10.6 Å². The Morgan fingerprint density at radius 2 is 1.73 bits per heavy atom. The third-order valence-electron chi connectivity index (χ3n) is 3.07. The molecule has 0 unspecified atom stereocenters. The lowest BCUT2D eigenvalue weighted by molar-refractivity contribution is -0.120. The molecule has 0 saturated carbocycles. The molecule has 22 heavy (non-hydrogen) atoms. The van der Waals surface area contributed by atoms with Crippen LogP contribution in [0, 0.1) is 0 Å². The molecule has 2 aromatic rings. The summed E-state index contributed by atoms with van der Waals surface area (Å²) in [6, 6.07) is 14.6. The average Bonchev–Trinajstić information content (AvgIpc) is 2.48. The first kappa shape index (κ1) is 16.0. The number of carbonyl (C=O) groups excluding carboxylic acids is 2. The van der Waals surface area contributed by atoms with Gasteiger partial charge in [-0.2, -0.15) is 0 Å². The highest BCUT2D eigenvalue weighted by atomic mass is 35.5. The summed E-state index contributed by atoms with van der Waals surface area (Å²) in [7, 11) is 0. The topological polar surface area (TPSA) is 58.2 Å². The van der Waals surface area contributed by atoms with E-state index in [0.29, 0.717) is 11.6 Å². The van der Waals surface area contributed by atoms with Gasteiger partial charge in [-0.3, -0.25) is 9.59 Å². The predicted octanol–water partition coefficient (Wildman–Crippen LogP) is 3.16. The van der Waals surface area contributed by atoms with Crippen molar-refractivity contribution >= 4 is 29.1 Å². The van der Waals surface area contributed by atoms with Crippen LogP contribution in [0.2, 0.25) is 5.02 Å². The number of anilines is 1. The molecule has 114 valence electrons. The van der Waals surface area contributed by atoms with Gasteiger partial charge in [0.25, 0.3) is 0 Å². The van der Waals surface area contributed by atoms with Crippen LogP contribution in [0.3, 0.4) is 0 Å². The molecule has 2 aromatic carbocycles. The lowest BCUT2D eigenvalue weighted by Gasteiger charge is -2.08. The van der Waals surface area contributed by atoms with E-state index >= 15 is 0 Å². The second kappa shape index (κ2) is 7.61. The van der Waals surface area contributed by atoms with Gasteiger partial charge in [-0.05, 0) is 29.3 Å². The molecule has 2 N–H and O–H groups in total. The van der Waals surface area contributed by atoms with Crippen molar-refractivity contribution in [3.05, 3.63) is 64.7 Å². The largest absolute Gasteiger partial charge is 0.352 e. The van der Waals surface area contributed by atoms with Gasteiger partial charge in [-0.1, -0.05) is 41.9 Å². The van der Waals surface area contributed by atoms with Crippen LogP contribution in [-0.4, -0.2) is 11.8 Å². The molecule has 0 aliphatic carbocycles. The summed E-state index contributed by atoms with van der Waals surface area (Å²) >= 11 is 6.03. The maximum Gasteiger partial charge on any atom is 0.224 e. The van der Waals surface area contributed by atoms with E-state index in [2.05, 4.69) is 10.6 Å². The molecule has 0 aliphatic rings. The number of rotatable bonds is 5. The van der Waals surface area contributed by atoms with Crippen LogP contribution >= 0.6 is 11.6 Å². The number of amides is 2. The molecule has 0 bridgehead atoms. The van der Waals surface area contributed by atoms with Crippen LogP contribution in [0.5, 0.6) is 0 Å². The summed E-state index contributed by atoms with van der Waals surface area (Å²) in [6.45, 7) is 1.90. The van der Waals surface area contributed by atoms with Crippen molar-refractivity contribution in [2.24, 2.45) is 0 Å². The van der Waals surface area contributed by atoms with Crippen molar-refractivity contribution in [1.82, 2.24) is 5.32 Å². The third kappa shape index (κ3) is 4.90. The second-order valence-electron chi connectivity index (χ2n) is 4.92. The molecule has 0 fully saturated rings. The SMILES string of the molecule is CC(=O)Nc1ccc(CNC(=O)Cc2ccccc2Cl)cc1. The zero-order valence-electron chi connectivity index (χ0n) is 12.2. The first-order valence-electron chi connectivity index (χ1n) is 6.91. The van der Waals surface area contributed by atoms with Gasteiger partial charge in [-0.15, -0.1) is 0 Å². The maximum absolute atomic E-state index is 11.9. The Balaban J connectivity index is 1.86. The van der Waals surface area contributed by atoms with Gasteiger partial charge < -0.3 is 10.6 Å². The highest BCUT2D eigenvalue weighted by Crippen LogP contribution is 2.15. The van der Waals surface area contributed by atoms with Gasteiger partial charge in [-0.25, -0.2) is 0 Å².